The van der Waals surface area contributed by atoms with E-state index in [0.717, 1.165) is 34.5 Å². The highest BCUT2D eigenvalue weighted by Crippen LogP contribution is 2.30. The summed E-state index contributed by atoms with van der Waals surface area (Å²) in [5, 5.41) is 0. The predicted molar refractivity (Wildman–Crippen MR) is 128 cm³/mol. The molecule has 0 aliphatic rings. The lowest BCUT2D eigenvalue weighted by Crippen LogP contribution is -1.91. The minimum atomic E-state index is 0.639. The van der Waals surface area contributed by atoms with Gasteiger partial charge in [-0.15, -0.1) is 0 Å². The highest BCUT2D eigenvalue weighted by molar-refractivity contribution is 5.41. The molecule has 4 rings (SSSR count). The van der Waals surface area contributed by atoms with Gasteiger partial charge in [0.1, 0.15) is 46.0 Å². The fourth-order valence-electron chi connectivity index (χ4n) is 3.10. The third-order valence-electron chi connectivity index (χ3n) is 4.62. The van der Waals surface area contributed by atoms with Crippen LogP contribution in [-0.4, -0.2) is 13.2 Å². The Bertz CT molecular complexity index is 1030. The average molecular weight is 443 g/mol. The Morgan fingerprint density at radius 2 is 0.515 bits per heavy atom. The molecule has 0 unspecified atom stereocenters. The first-order valence-corrected chi connectivity index (χ1v) is 10.9. The van der Waals surface area contributed by atoms with Crippen LogP contribution in [0.5, 0.6) is 46.0 Å². The van der Waals surface area contributed by atoms with E-state index in [9.17, 15) is 0 Å². The molecule has 4 aromatic rings. The van der Waals surface area contributed by atoms with Crippen molar-refractivity contribution >= 4 is 0 Å². The molecule has 0 fully saturated rings. The second-order valence-electron chi connectivity index (χ2n) is 7.06. The summed E-state index contributed by atoms with van der Waals surface area (Å²) in [5.41, 5.74) is 0. The molecule has 0 bridgehead atoms. The molecule has 5 nitrogen and oxygen atoms in total. The molecule has 0 radical (unpaired) electrons. The lowest BCUT2D eigenvalue weighted by atomic mass is 10.3. The summed E-state index contributed by atoms with van der Waals surface area (Å²) in [5.74, 6) is 6.03. The van der Waals surface area contributed by atoms with Gasteiger partial charge >= 0.3 is 0 Å². The van der Waals surface area contributed by atoms with Crippen molar-refractivity contribution in [1.29, 1.82) is 0 Å². The van der Waals surface area contributed by atoms with Gasteiger partial charge in [-0.3, -0.25) is 0 Å². The maximum absolute atomic E-state index is 5.93. The molecule has 33 heavy (non-hydrogen) atoms. The van der Waals surface area contributed by atoms with Crippen LogP contribution in [0.3, 0.4) is 0 Å². The lowest BCUT2D eigenvalue weighted by Gasteiger charge is -2.10. The maximum Gasteiger partial charge on any atom is 0.127 e. The lowest BCUT2D eigenvalue weighted by molar-refractivity contribution is 0.339. The Kier molecular flexibility index (Phi) is 7.33. The summed E-state index contributed by atoms with van der Waals surface area (Å²) in [4.78, 5) is 0. The zero-order valence-electron chi connectivity index (χ0n) is 18.7. The highest BCUT2D eigenvalue weighted by atomic mass is 16.5. The molecule has 0 atom stereocenters. The van der Waals surface area contributed by atoms with E-state index in [0.29, 0.717) is 24.7 Å². The molecule has 168 valence electrons. The third-order valence-corrected chi connectivity index (χ3v) is 4.62. The van der Waals surface area contributed by atoms with Crippen molar-refractivity contribution in [3.8, 4) is 46.0 Å². The van der Waals surface area contributed by atoms with Crippen LogP contribution in [0.2, 0.25) is 0 Å². The molecule has 0 heterocycles. The Morgan fingerprint density at radius 1 is 0.333 bits per heavy atom. The number of benzene rings is 4. The van der Waals surface area contributed by atoms with Crippen LogP contribution in [0.15, 0.2) is 97.1 Å². The van der Waals surface area contributed by atoms with E-state index >= 15 is 0 Å². The van der Waals surface area contributed by atoms with E-state index in [1.54, 1.807) is 0 Å². The van der Waals surface area contributed by atoms with Gasteiger partial charge in [0.05, 0.1) is 13.2 Å². The molecule has 5 heteroatoms. The van der Waals surface area contributed by atoms with Gasteiger partial charge in [-0.2, -0.15) is 0 Å². The largest absolute Gasteiger partial charge is 0.494 e. The Hall–Kier alpha value is -4.12. The predicted octanol–water partition coefficient (Wildman–Crippen LogP) is 7.86. The van der Waals surface area contributed by atoms with Crippen LogP contribution in [0.4, 0.5) is 0 Å². The molecule has 0 aliphatic heterocycles. The first-order valence-electron chi connectivity index (χ1n) is 10.9. The van der Waals surface area contributed by atoms with Crippen molar-refractivity contribution in [3.63, 3.8) is 0 Å². The smallest absolute Gasteiger partial charge is 0.127 e. The van der Waals surface area contributed by atoms with Crippen molar-refractivity contribution in [1.82, 2.24) is 0 Å². The SMILES string of the molecule is CCOc1ccc(Oc2ccc(Oc3ccc(Oc4ccc(OCC)cc4)cc3)cc2)cc1. The van der Waals surface area contributed by atoms with E-state index in [1.165, 1.54) is 0 Å². The van der Waals surface area contributed by atoms with Gasteiger partial charge in [0.25, 0.3) is 0 Å². The standard InChI is InChI=1S/C28H26O5/c1-3-29-21-5-9-23(10-6-21)31-25-13-17-27(18-14-25)33-28-19-15-26(16-20-28)32-24-11-7-22(8-12-24)30-4-2/h5-20H,3-4H2,1-2H3. The Labute approximate surface area is 194 Å². The first-order chi connectivity index (χ1) is 16.2. The number of ether oxygens (including phenoxy) is 5. The van der Waals surface area contributed by atoms with Gasteiger partial charge in [-0.25, -0.2) is 0 Å². The molecule has 0 aliphatic carbocycles. The molecular weight excluding hydrogens is 416 g/mol. The van der Waals surface area contributed by atoms with Crippen LogP contribution < -0.4 is 23.7 Å². The van der Waals surface area contributed by atoms with Crippen molar-refractivity contribution in [2.45, 2.75) is 13.8 Å². The van der Waals surface area contributed by atoms with Crippen molar-refractivity contribution in [3.05, 3.63) is 97.1 Å². The molecule has 0 amide bonds. The van der Waals surface area contributed by atoms with E-state index in [4.69, 9.17) is 23.7 Å². The third kappa shape index (κ3) is 6.43. The Balaban J connectivity index is 1.31. The monoisotopic (exact) mass is 442 g/mol. The van der Waals surface area contributed by atoms with Crippen molar-refractivity contribution in [2.24, 2.45) is 0 Å². The zero-order chi connectivity index (χ0) is 22.9. The normalized spacial score (nSPS) is 10.4. The van der Waals surface area contributed by atoms with Crippen LogP contribution in [-0.2, 0) is 0 Å². The van der Waals surface area contributed by atoms with Gasteiger partial charge in [0, 0.05) is 0 Å². The summed E-state index contributed by atoms with van der Waals surface area (Å²) in [7, 11) is 0. The summed E-state index contributed by atoms with van der Waals surface area (Å²) in [6.07, 6.45) is 0. The zero-order valence-corrected chi connectivity index (χ0v) is 18.7. The van der Waals surface area contributed by atoms with Crippen LogP contribution in [0, 0.1) is 0 Å². The van der Waals surface area contributed by atoms with Gasteiger partial charge < -0.3 is 23.7 Å². The van der Waals surface area contributed by atoms with E-state index in [-0.39, 0.29) is 0 Å². The molecular formula is C28H26O5. The average Bonchev–Trinajstić information content (AvgIpc) is 2.84. The van der Waals surface area contributed by atoms with Gasteiger partial charge in [0.15, 0.2) is 0 Å². The van der Waals surface area contributed by atoms with Crippen LogP contribution >= 0.6 is 0 Å². The van der Waals surface area contributed by atoms with Gasteiger partial charge in [-0.1, -0.05) is 0 Å². The first kappa shape index (κ1) is 22.1. The second-order valence-corrected chi connectivity index (χ2v) is 7.06. The number of hydrogen-bond acceptors (Lipinski definition) is 5. The fraction of sp³-hybridized carbons (Fsp3) is 0.143. The highest BCUT2D eigenvalue weighted by Gasteiger charge is 2.03. The van der Waals surface area contributed by atoms with E-state index in [2.05, 4.69) is 0 Å². The summed E-state index contributed by atoms with van der Waals surface area (Å²) in [6.45, 7) is 5.19. The van der Waals surface area contributed by atoms with Crippen molar-refractivity contribution in [2.75, 3.05) is 13.2 Å². The molecule has 0 saturated carbocycles. The number of hydrogen-bond donors (Lipinski definition) is 0. The van der Waals surface area contributed by atoms with Crippen LogP contribution in [0.1, 0.15) is 13.8 Å². The molecule has 4 aromatic carbocycles. The molecule has 0 N–H and O–H groups in total. The van der Waals surface area contributed by atoms with Crippen LogP contribution in [0.25, 0.3) is 0 Å². The quantitative estimate of drug-likeness (QED) is 0.250. The van der Waals surface area contributed by atoms with Crippen molar-refractivity contribution < 1.29 is 23.7 Å². The summed E-state index contributed by atoms with van der Waals surface area (Å²) >= 11 is 0. The number of rotatable bonds is 10. The Morgan fingerprint density at radius 3 is 0.697 bits per heavy atom. The minimum Gasteiger partial charge on any atom is -0.494 e. The fourth-order valence-corrected chi connectivity index (χ4v) is 3.10. The molecule has 0 aromatic heterocycles. The van der Waals surface area contributed by atoms with E-state index < -0.39 is 0 Å². The topological polar surface area (TPSA) is 46.2 Å². The molecule has 0 spiro atoms. The van der Waals surface area contributed by atoms with Gasteiger partial charge in [-0.05, 0) is 111 Å². The maximum atomic E-state index is 5.93. The van der Waals surface area contributed by atoms with Gasteiger partial charge in [0.2, 0.25) is 0 Å². The summed E-state index contributed by atoms with van der Waals surface area (Å²) < 4.78 is 28.6. The minimum absolute atomic E-state index is 0.639. The second kappa shape index (κ2) is 11.0. The van der Waals surface area contributed by atoms with E-state index in [1.807, 2.05) is 111 Å². The molecule has 0 saturated heterocycles. The summed E-state index contributed by atoms with van der Waals surface area (Å²) in [6, 6.07) is 30.0.